The summed E-state index contributed by atoms with van der Waals surface area (Å²) in [5.74, 6) is 5.14. The molecule has 3 heterocycles. The van der Waals surface area contributed by atoms with E-state index in [9.17, 15) is 0 Å². The Hall–Kier alpha value is -4.64. The maximum atomic E-state index is 6.40. The summed E-state index contributed by atoms with van der Waals surface area (Å²) in [7, 11) is 0. The molecule has 0 atom stereocenters. The summed E-state index contributed by atoms with van der Waals surface area (Å²) in [6, 6.07) is 37.1. The Balaban J connectivity index is 1.36. The minimum atomic E-state index is 0.0291. The fraction of sp³-hybridized carbons (Fsp3) is 0. The average Bonchev–Trinajstić information content (AvgIpc) is 2.91. The van der Waals surface area contributed by atoms with Crippen LogP contribution >= 0.6 is 0 Å². The molecule has 0 spiro atoms. The Morgan fingerprint density at radius 2 is 1.00 bits per heavy atom. The number of nitrogens with zero attached hydrogens (tertiary/aromatic N) is 1. The fourth-order valence-corrected chi connectivity index (χ4v) is 5.49. The van der Waals surface area contributed by atoms with Crippen molar-refractivity contribution >= 4 is 40.2 Å². The van der Waals surface area contributed by atoms with Crippen LogP contribution in [-0.2, 0) is 0 Å². The van der Waals surface area contributed by atoms with Crippen LogP contribution in [-0.4, -0.2) is 6.71 Å². The van der Waals surface area contributed by atoms with E-state index in [-0.39, 0.29) is 6.71 Å². The highest BCUT2D eigenvalue weighted by Crippen LogP contribution is 2.50. The molecule has 0 radical (unpaired) electrons. The maximum absolute atomic E-state index is 6.40. The van der Waals surface area contributed by atoms with Crippen LogP contribution in [0, 0.1) is 0 Å². The summed E-state index contributed by atoms with van der Waals surface area (Å²) in [5.41, 5.74) is 6.43. The van der Waals surface area contributed by atoms with E-state index in [1.807, 2.05) is 66.7 Å². The topological polar surface area (TPSA) is 30.9 Å². The third-order valence-electron chi connectivity index (χ3n) is 6.98. The van der Waals surface area contributed by atoms with Crippen LogP contribution in [0.3, 0.4) is 0 Å². The third-order valence-corrected chi connectivity index (χ3v) is 6.98. The minimum Gasteiger partial charge on any atom is -0.458 e. The number of fused-ring (bicyclic) bond motifs is 6. The molecule has 0 saturated carbocycles. The smallest absolute Gasteiger partial charge is 0.260 e. The molecule has 3 aliphatic rings. The summed E-state index contributed by atoms with van der Waals surface area (Å²) >= 11 is 0. The molecule has 4 nitrogen and oxygen atoms in total. The van der Waals surface area contributed by atoms with Gasteiger partial charge in [-0.05, 0) is 71.6 Å². The van der Waals surface area contributed by atoms with Gasteiger partial charge in [0, 0.05) is 11.2 Å². The van der Waals surface area contributed by atoms with Crippen molar-refractivity contribution < 1.29 is 14.2 Å². The van der Waals surface area contributed by atoms with E-state index in [2.05, 4.69) is 47.4 Å². The van der Waals surface area contributed by atoms with Crippen LogP contribution < -0.4 is 35.5 Å². The highest BCUT2D eigenvalue weighted by Gasteiger charge is 2.40. The molecule has 8 rings (SSSR count). The van der Waals surface area contributed by atoms with E-state index in [4.69, 9.17) is 14.2 Å². The number of rotatable bonds is 1. The molecule has 5 aromatic carbocycles. The zero-order chi connectivity index (χ0) is 22.9. The Kier molecular flexibility index (Phi) is 3.72. The summed E-state index contributed by atoms with van der Waals surface area (Å²) < 4.78 is 18.9. The van der Waals surface area contributed by atoms with Crippen molar-refractivity contribution in [3.63, 3.8) is 0 Å². The standard InChI is InChI=1S/C30H18BNO3/c1-4-11-24-20(8-1)31-21-18-19(16-17-25(21)34-29-15-7-14-28(33-24)30(29)31)32-22-9-2-5-12-26(22)35-27-13-6-3-10-23(27)32/h1-18H. The highest BCUT2D eigenvalue weighted by molar-refractivity contribution is 6.98. The molecule has 0 aromatic heterocycles. The minimum absolute atomic E-state index is 0.0291. The first-order valence-electron chi connectivity index (χ1n) is 11.7. The number of ether oxygens (including phenoxy) is 3. The van der Waals surface area contributed by atoms with E-state index in [1.54, 1.807) is 0 Å². The van der Waals surface area contributed by atoms with Crippen LogP contribution in [0.25, 0.3) is 0 Å². The van der Waals surface area contributed by atoms with Gasteiger partial charge in [0.2, 0.25) is 0 Å². The van der Waals surface area contributed by atoms with E-state index in [0.717, 1.165) is 67.9 Å². The number of anilines is 3. The van der Waals surface area contributed by atoms with E-state index < -0.39 is 0 Å². The predicted octanol–water partition coefficient (Wildman–Crippen LogP) is 5.99. The van der Waals surface area contributed by atoms with Crippen molar-refractivity contribution in [3.05, 3.63) is 109 Å². The normalized spacial score (nSPS) is 13.7. The zero-order valence-electron chi connectivity index (χ0n) is 18.6. The van der Waals surface area contributed by atoms with Crippen molar-refractivity contribution in [3.8, 4) is 34.5 Å². The molecule has 0 aliphatic carbocycles. The first-order chi connectivity index (χ1) is 17.3. The Bertz CT molecular complexity index is 1600. The molecule has 0 amide bonds. The van der Waals surface area contributed by atoms with Crippen molar-refractivity contribution in [2.24, 2.45) is 0 Å². The average molecular weight is 451 g/mol. The Morgan fingerprint density at radius 3 is 1.71 bits per heavy atom. The van der Waals surface area contributed by atoms with Gasteiger partial charge in [0.05, 0.1) is 11.4 Å². The number of hydrogen-bond donors (Lipinski definition) is 0. The van der Waals surface area contributed by atoms with Crippen LogP contribution in [0.1, 0.15) is 0 Å². The lowest BCUT2D eigenvalue weighted by atomic mass is 9.35. The van der Waals surface area contributed by atoms with Gasteiger partial charge in [-0.25, -0.2) is 0 Å². The summed E-state index contributed by atoms with van der Waals surface area (Å²) in [5, 5.41) is 0. The van der Waals surface area contributed by atoms with Crippen molar-refractivity contribution in [1.82, 2.24) is 0 Å². The summed E-state index contributed by atoms with van der Waals surface area (Å²) in [4.78, 5) is 2.26. The molecular weight excluding hydrogens is 433 g/mol. The SMILES string of the molecule is c1ccc2c(c1)Oc1cccc3c1B2c1cc(N2c4ccccc4Oc4ccccc42)ccc1O3. The Morgan fingerprint density at radius 1 is 0.457 bits per heavy atom. The van der Waals surface area contributed by atoms with Gasteiger partial charge in [0.1, 0.15) is 23.0 Å². The molecule has 5 aromatic rings. The number of benzene rings is 5. The predicted molar refractivity (Wildman–Crippen MR) is 139 cm³/mol. The lowest BCUT2D eigenvalue weighted by Crippen LogP contribution is -2.57. The molecule has 0 N–H and O–H groups in total. The lowest BCUT2D eigenvalue weighted by Gasteiger charge is -2.35. The van der Waals surface area contributed by atoms with Gasteiger partial charge in [-0.3, -0.25) is 0 Å². The van der Waals surface area contributed by atoms with Gasteiger partial charge >= 0.3 is 0 Å². The quantitative estimate of drug-likeness (QED) is 0.287. The highest BCUT2D eigenvalue weighted by atomic mass is 16.5. The second kappa shape index (κ2) is 6.94. The van der Waals surface area contributed by atoms with Crippen molar-refractivity contribution in [1.29, 1.82) is 0 Å². The van der Waals surface area contributed by atoms with Gasteiger partial charge in [0.25, 0.3) is 6.71 Å². The monoisotopic (exact) mass is 451 g/mol. The van der Waals surface area contributed by atoms with Crippen LogP contribution in [0.4, 0.5) is 17.1 Å². The molecule has 35 heavy (non-hydrogen) atoms. The van der Waals surface area contributed by atoms with Gasteiger partial charge in [-0.2, -0.15) is 0 Å². The summed E-state index contributed by atoms with van der Waals surface area (Å²) in [6.07, 6.45) is 0. The van der Waals surface area contributed by atoms with E-state index in [1.165, 1.54) is 0 Å². The Labute approximate surface area is 203 Å². The number of hydrogen-bond acceptors (Lipinski definition) is 4. The molecule has 5 heteroatoms. The second-order valence-corrected chi connectivity index (χ2v) is 8.94. The summed E-state index contributed by atoms with van der Waals surface area (Å²) in [6.45, 7) is 0.0291. The molecule has 0 saturated heterocycles. The first kappa shape index (κ1) is 18.8. The zero-order valence-corrected chi connectivity index (χ0v) is 18.6. The molecule has 3 aliphatic heterocycles. The van der Waals surface area contributed by atoms with Crippen molar-refractivity contribution in [2.75, 3.05) is 4.90 Å². The third kappa shape index (κ3) is 2.63. The van der Waals surface area contributed by atoms with Gasteiger partial charge < -0.3 is 19.1 Å². The second-order valence-electron chi connectivity index (χ2n) is 8.94. The van der Waals surface area contributed by atoms with Gasteiger partial charge in [0.15, 0.2) is 11.5 Å². The lowest BCUT2D eigenvalue weighted by molar-refractivity contribution is 0.464. The van der Waals surface area contributed by atoms with E-state index >= 15 is 0 Å². The maximum Gasteiger partial charge on any atom is 0.260 e. The molecule has 0 bridgehead atoms. The first-order valence-corrected chi connectivity index (χ1v) is 11.7. The van der Waals surface area contributed by atoms with Gasteiger partial charge in [-0.15, -0.1) is 0 Å². The molecular formula is C30H18BNO3. The van der Waals surface area contributed by atoms with Crippen LogP contribution in [0.15, 0.2) is 109 Å². The fourth-order valence-electron chi connectivity index (χ4n) is 5.49. The molecule has 164 valence electrons. The van der Waals surface area contributed by atoms with Crippen LogP contribution in [0.5, 0.6) is 34.5 Å². The van der Waals surface area contributed by atoms with Gasteiger partial charge in [-0.1, -0.05) is 48.5 Å². The van der Waals surface area contributed by atoms with Crippen LogP contribution in [0.2, 0.25) is 0 Å². The largest absolute Gasteiger partial charge is 0.458 e. The number of para-hydroxylation sites is 5. The van der Waals surface area contributed by atoms with Crippen molar-refractivity contribution in [2.45, 2.75) is 0 Å². The molecule has 0 unspecified atom stereocenters. The molecule has 0 fully saturated rings. The van der Waals surface area contributed by atoms with E-state index in [0.29, 0.717) is 0 Å².